The molecule has 0 bridgehead atoms. The first-order valence-corrected chi connectivity index (χ1v) is 35.4. The third kappa shape index (κ3) is 68.7. The average molecular weight is 1150 g/mol. The molecule has 0 aromatic rings. The van der Waals surface area contributed by atoms with E-state index in [0.29, 0.717) is 19.3 Å². The van der Waals surface area contributed by atoms with Crippen molar-refractivity contribution in [1.29, 1.82) is 0 Å². The number of carbonyl (C=O) groups excluding carboxylic acids is 3. The van der Waals surface area contributed by atoms with Crippen LogP contribution in [0.2, 0.25) is 0 Å². The number of rotatable bonds is 64. The molecule has 6 heteroatoms. The molecule has 0 spiro atoms. The fourth-order valence-electron chi connectivity index (χ4n) is 9.94. The predicted molar refractivity (Wildman–Crippen MR) is 362 cm³/mol. The van der Waals surface area contributed by atoms with Gasteiger partial charge in [-0.1, -0.05) is 304 Å². The van der Waals surface area contributed by atoms with Crippen molar-refractivity contribution in [2.75, 3.05) is 13.2 Å². The van der Waals surface area contributed by atoms with Gasteiger partial charge < -0.3 is 14.2 Å². The van der Waals surface area contributed by atoms with Crippen molar-refractivity contribution >= 4 is 17.9 Å². The summed E-state index contributed by atoms with van der Waals surface area (Å²) in [5, 5.41) is 0. The second-order valence-corrected chi connectivity index (χ2v) is 23.4. The highest BCUT2D eigenvalue weighted by Gasteiger charge is 2.19. The van der Waals surface area contributed by atoms with Crippen molar-refractivity contribution in [3.63, 3.8) is 0 Å². The van der Waals surface area contributed by atoms with Crippen molar-refractivity contribution in [1.82, 2.24) is 0 Å². The lowest BCUT2D eigenvalue weighted by Gasteiger charge is -2.18. The third-order valence-corrected chi connectivity index (χ3v) is 15.2. The van der Waals surface area contributed by atoms with Crippen LogP contribution in [0, 0.1) is 0 Å². The quantitative estimate of drug-likeness (QED) is 0.0261. The van der Waals surface area contributed by atoms with Crippen LogP contribution in [0.4, 0.5) is 0 Å². The van der Waals surface area contributed by atoms with E-state index < -0.39 is 6.10 Å². The summed E-state index contributed by atoms with van der Waals surface area (Å²) in [5.41, 5.74) is 0. The molecule has 476 valence electrons. The summed E-state index contributed by atoms with van der Waals surface area (Å²) in [6, 6.07) is 0. The Morgan fingerprint density at radius 2 is 0.470 bits per heavy atom. The molecular weight excluding hydrogens is 1020 g/mol. The van der Waals surface area contributed by atoms with E-state index in [2.05, 4.69) is 130 Å². The topological polar surface area (TPSA) is 78.9 Å². The zero-order valence-corrected chi connectivity index (χ0v) is 54.7. The molecule has 0 radical (unpaired) electrons. The first-order chi connectivity index (χ1) is 41.0. The lowest BCUT2D eigenvalue weighted by molar-refractivity contribution is -0.167. The Labute approximate surface area is 514 Å². The van der Waals surface area contributed by atoms with Crippen LogP contribution >= 0.6 is 0 Å². The van der Waals surface area contributed by atoms with Crippen molar-refractivity contribution in [2.24, 2.45) is 0 Å². The number of hydrogen-bond donors (Lipinski definition) is 0. The van der Waals surface area contributed by atoms with Crippen LogP contribution in [-0.4, -0.2) is 37.2 Å². The van der Waals surface area contributed by atoms with Crippen molar-refractivity contribution in [3.05, 3.63) is 109 Å². The lowest BCUT2D eigenvalue weighted by Crippen LogP contribution is -2.30. The first-order valence-electron chi connectivity index (χ1n) is 35.4. The third-order valence-electron chi connectivity index (χ3n) is 15.2. The molecule has 0 heterocycles. The van der Waals surface area contributed by atoms with E-state index in [0.717, 1.165) is 103 Å². The molecule has 0 saturated heterocycles. The Bertz CT molecular complexity index is 1660. The van der Waals surface area contributed by atoms with Gasteiger partial charge in [-0.05, 0) is 128 Å². The predicted octanol–water partition coefficient (Wildman–Crippen LogP) is 24.6. The normalized spacial score (nSPS) is 12.8. The van der Waals surface area contributed by atoms with E-state index in [1.54, 1.807) is 0 Å². The summed E-state index contributed by atoms with van der Waals surface area (Å²) in [6.45, 7) is 6.50. The SMILES string of the molecule is CC/C=C\C/C=C\C/C=C\C/C=C\C/C=C\C/C=C\CCCCC(=O)OC(COC(=O)CCCCCCCCC/C=C\C/C=C\CCCCC)COC(=O)CCCCCCCCCCCCCCCCC/C=C\CCCCCCCCCC. The number of ether oxygens (including phenoxy) is 3. The summed E-state index contributed by atoms with van der Waals surface area (Å²) in [5.74, 6) is -0.937. The molecule has 0 N–H and O–H groups in total. The number of esters is 3. The molecule has 0 rings (SSSR count). The van der Waals surface area contributed by atoms with E-state index in [4.69, 9.17) is 14.2 Å². The zero-order chi connectivity index (χ0) is 59.9. The van der Waals surface area contributed by atoms with Crippen LogP contribution < -0.4 is 0 Å². The van der Waals surface area contributed by atoms with Crippen LogP contribution in [0.15, 0.2) is 109 Å². The summed E-state index contributed by atoms with van der Waals surface area (Å²) >= 11 is 0. The number of hydrogen-bond acceptors (Lipinski definition) is 6. The van der Waals surface area contributed by atoms with Gasteiger partial charge in [-0.15, -0.1) is 0 Å². The summed E-state index contributed by atoms with van der Waals surface area (Å²) < 4.78 is 16.9. The van der Waals surface area contributed by atoms with Gasteiger partial charge in [0.05, 0.1) is 0 Å². The van der Waals surface area contributed by atoms with Crippen LogP contribution in [0.5, 0.6) is 0 Å². The molecule has 0 aliphatic carbocycles. The maximum absolute atomic E-state index is 12.9. The van der Waals surface area contributed by atoms with Gasteiger partial charge in [-0.25, -0.2) is 0 Å². The van der Waals surface area contributed by atoms with Crippen molar-refractivity contribution in [2.45, 2.75) is 348 Å². The Morgan fingerprint density at radius 1 is 0.253 bits per heavy atom. The summed E-state index contributed by atoms with van der Waals surface area (Å²) in [4.78, 5) is 38.5. The van der Waals surface area contributed by atoms with Gasteiger partial charge in [-0.3, -0.25) is 14.4 Å². The molecule has 0 aliphatic rings. The molecule has 0 fully saturated rings. The fraction of sp³-hybridized carbons (Fsp3) is 0.727. The van der Waals surface area contributed by atoms with E-state index in [-0.39, 0.29) is 37.5 Å². The Kier molecular flexibility index (Phi) is 67.2. The highest BCUT2D eigenvalue weighted by molar-refractivity contribution is 5.71. The highest BCUT2D eigenvalue weighted by atomic mass is 16.6. The minimum Gasteiger partial charge on any atom is -0.462 e. The van der Waals surface area contributed by atoms with Crippen LogP contribution in [-0.2, 0) is 28.6 Å². The van der Waals surface area contributed by atoms with Crippen LogP contribution in [0.1, 0.15) is 342 Å². The monoisotopic (exact) mass is 1150 g/mol. The van der Waals surface area contributed by atoms with Gasteiger partial charge in [0.2, 0.25) is 0 Å². The molecule has 83 heavy (non-hydrogen) atoms. The standard InChI is InChI=1S/C77H132O6/c1-4-7-10-13-16-19-22-25-28-31-33-35-36-37-38-39-40-42-43-46-49-52-55-58-61-64-67-70-76(79)82-73-74(72-81-75(78)69-66-63-60-57-54-51-48-45-30-27-24-21-18-15-12-9-6-3)83-77(80)71-68-65-62-59-56-53-50-47-44-41-34-32-29-26-23-20-17-14-11-8-5-2/h8,11,17-18,20-21,26-27,29-31,33-34,41,47,50,56,59,74H,4-7,9-10,12-16,19,22-25,28,32,35-40,42-46,48-49,51-55,57-58,60-73H2,1-3H3/b11-8-,20-17-,21-18-,29-26-,30-27-,33-31-,41-34-,50-47-,59-56-. The van der Waals surface area contributed by atoms with Crippen LogP contribution in [0.25, 0.3) is 0 Å². The van der Waals surface area contributed by atoms with Gasteiger partial charge in [0.25, 0.3) is 0 Å². The van der Waals surface area contributed by atoms with E-state index in [9.17, 15) is 14.4 Å². The smallest absolute Gasteiger partial charge is 0.306 e. The molecular formula is C77H132O6. The maximum Gasteiger partial charge on any atom is 0.306 e. The van der Waals surface area contributed by atoms with Gasteiger partial charge in [-0.2, -0.15) is 0 Å². The fourth-order valence-corrected chi connectivity index (χ4v) is 9.94. The second kappa shape index (κ2) is 70.6. The zero-order valence-electron chi connectivity index (χ0n) is 54.7. The van der Waals surface area contributed by atoms with E-state index >= 15 is 0 Å². The van der Waals surface area contributed by atoms with Crippen LogP contribution in [0.3, 0.4) is 0 Å². The molecule has 0 aromatic carbocycles. The first kappa shape index (κ1) is 79.1. The molecule has 0 saturated carbocycles. The van der Waals surface area contributed by atoms with Gasteiger partial charge in [0.1, 0.15) is 13.2 Å². The molecule has 1 atom stereocenters. The average Bonchev–Trinajstić information content (AvgIpc) is 3.50. The van der Waals surface area contributed by atoms with Gasteiger partial charge >= 0.3 is 17.9 Å². The minimum absolute atomic E-state index is 0.0975. The van der Waals surface area contributed by atoms with Crippen molar-refractivity contribution in [3.8, 4) is 0 Å². The second-order valence-electron chi connectivity index (χ2n) is 23.4. The van der Waals surface area contributed by atoms with Gasteiger partial charge in [0, 0.05) is 19.3 Å². The lowest BCUT2D eigenvalue weighted by atomic mass is 10.0. The summed E-state index contributed by atoms with van der Waals surface area (Å²) in [7, 11) is 0. The largest absolute Gasteiger partial charge is 0.462 e. The maximum atomic E-state index is 12.9. The van der Waals surface area contributed by atoms with E-state index in [1.807, 2.05) is 0 Å². The Morgan fingerprint density at radius 3 is 0.795 bits per heavy atom. The number of unbranched alkanes of at least 4 members (excludes halogenated alkanes) is 35. The molecule has 6 nitrogen and oxygen atoms in total. The molecule has 0 aliphatic heterocycles. The Balaban J connectivity index is 4.39. The van der Waals surface area contributed by atoms with E-state index in [1.165, 1.54) is 193 Å². The molecule has 0 amide bonds. The number of carbonyl (C=O) groups is 3. The highest BCUT2D eigenvalue weighted by Crippen LogP contribution is 2.17. The molecule has 1 unspecified atom stereocenters. The molecule has 0 aromatic heterocycles. The van der Waals surface area contributed by atoms with Gasteiger partial charge in [0.15, 0.2) is 6.10 Å². The van der Waals surface area contributed by atoms with Crippen molar-refractivity contribution < 1.29 is 28.6 Å². The summed E-state index contributed by atoms with van der Waals surface area (Å²) in [6.07, 6.45) is 96.9. The Hall–Kier alpha value is -3.93. The minimum atomic E-state index is -0.808. The number of allylic oxidation sites excluding steroid dienone is 18.